The van der Waals surface area contributed by atoms with E-state index in [9.17, 15) is 37.5 Å². The summed E-state index contributed by atoms with van der Waals surface area (Å²) in [5.41, 5.74) is -2.94. The van der Waals surface area contributed by atoms with Crippen LogP contribution in [0.25, 0.3) is 0 Å². The van der Waals surface area contributed by atoms with E-state index >= 15 is 0 Å². The highest BCUT2D eigenvalue weighted by atomic mass is 35.9. The number of rotatable bonds is 5. The smallest absolute Gasteiger partial charge is 0.387 e. The van der Waals surface area contributed by atoms with Crippen molar-refractivity contribution in [2.75, 3.05) is 6.61 Å². The van der Waals surface area contributed by atoms with Crippen LogP contribution in [-0.2, 0) is 20.4 Å². The molecule has 4 unspecified atom stereocenters. The van der Waals surface area contributed by atoms with Crippen LogP contribution >= 0.6 is 28.6 Å². The number of aromatic amines is 1. The minimum absolute atomic E-state index is 0.175. The van der Waals surface area contributed by atoms with Crippen LogP contribution in [0, 0.1) is 0 Å². The summed E-state index contributed by atoms with van der Waals surface area (Å²) in [6.45, 7) is -2.31. The van der Waals surface area contributed by atoms with Crippen molar-refractivity contribution in [1.82, 2.24) is 9.55 Å². The fraction of sp³-hybridized carbons (Fsp3) is 0.636. The van der Waals surface area contributed by atoms with E-state index in [4.69, 9.17) is 27.2 Å². The molecule has 9 nitrogen and oxygen atoms in total. The van der Waals surface area contributed by atoms with Crippen molar-refractivity contribution in [3.8, 4) is 0 Å². The van der Waals surface area contributed by atoms with E-state index in [0.717, 1.165) is 0 Å². The van der Waals surface area contributed by atoms with Gasteiger partial charge in [0.2, 0.25) is 0 Å². The Kier molecular flexibility index (Phi) is 6.28. The molecule has 1 fully saturated rings. The first-order valence-corrected chi connectivity index (χ1v) is 10.3. The summed E-state index contributed by atoms with van der Waals surface area (Å²) in [4.78, 5) is 25.0. The summed E-state index contributed by atoms with van der Waals surface area (Å²) in [6.07, 6.45) is -14.4. The van der Waals surface area contributed by atoms with Gasteiger partial charge in [-0.3, -0.25) is 18.9 Å². The fourth-order valence-corrected chi connectivity index (χ4v) is 3.00. The summed E-state index contributed by atoms with van der Waals surface area (Å²) in [6, 6.07) is 0. The van der Waals surface area contributed by atoms with Crippen molar-refractivity contribution >= 4 is 28.6 Å². The average molecular weight is 443 g/mol. The van der Waals surface area contributed by atoms with Crippen LogP contribution in [0.15, 0.2) is 15.8 Å². The number of ether oxygens (including phenoxy) is 1. The van der Waals surface area contributed by atoms with Gasteiger partial charge in [0.15, 0.2) is 0 Å². The molecule has 2 heterocycles. The van der Waals surface area contributed by atoms with Crippen molar-refractivity contribution in [2.24, 2.45) is 0 Å². The predicted octanol–water partition coefficient (Wildman–Crippen LogP) is 0.863. The van der Waals surface area contributed by atoms with E-state index in [1.807, 2.05) is 0 Å². The van der Waals surface area contributed by atoms with Gasteiger partial charge in [0.05, 0.1) is 12.2 Å². The molecule has 1 saturated heterocycles. The number of aliphatic hydroxyl groups is 2. The third kappa shape index (κ3) is 5.32. The van der Waals surface area contributed by atoms with E-state index < -0.39 is 66.6 Å². The van der Waals surface area contributed by atoms with Gasteiger partial charge in [0.1, 0.15) is 31.0 Å². The SMILES string of the molecule is O=c1[nH]c(=O)n(CC(F)(F)F)cc1C1OC(COP(=O)(Cl)Cl)C(O)C1O. The molecule has 3 N–H and O–H groups in total. The number of hydrogen-bond acceptors (Lipinski definition) is 7. The van der Waals surface area contributed by atoms with Crippen LogP contribution in [0.4, 0.5) is 13.2 Å². The molecule has 1 aliphatic rings. The van der Waals surface area contributed by atoms with Crippen LogP contribution in [0.2, 0.25) is 0 Å². The topological polar surface area (TPSA) is 131 Å². The Hall–Kier alpha value is -0.880. The first-order valence-electron chi connectivity index (χ1n) is 6.84. The fourth-order valence-electron chi connectivity index (χ4n) is 2.34. The van der Waals surface area contributed by atoms with Gasteiger partial charge in [0, 0.05) is 6.20 Å². The number of hydrogen-bond donors (Lipinski definition) is 3. The van der Waals surface area contributed by atoms with Gasteiger partial charge < -0.3 is 19.5 Å². The van der Waals surface area contributed by atoms with E-state index in [1.165, 1.54) is 0 Å². The number of aromatic nitrogens is 2. The molecule has 0 spiro atoms. The van der Waals surface area contributed by atoms with Gasteiger partial charge in [-0.05, 0) is 22.5 Å². The summed E-state index contributed by atoms with van der Waals surface area (Å²) in [5.74, 6) is 0. The van der Waals surface area contributed by atoms with Gasteiger partial charge in [-0.25, -0.2) is 4.79 Å². The van der Waals surface area contributed by atoms with Crippen molar-refractivity contribution in [2.45, 2.75) is 37.1 Å². The van der Waals surface area contributed by atoms with E-state index in [-0.39, 0.29) is 4.57 Å². The zero-order valence-corrected chi connectivity index (χ0v) is 14.9. The van der Waals surface area contributed by atoms with Gasteiger partial charge >= 0.3 is 17.9 Å². The largest absolute Gasteiger partial charge is 0.406 e. The maximum Gasteiger partial charge on any atom is 0.406 e. The Balaban J connectivity index is 2.30. The molecule has 26 heavy (non-hydrogen) atoms. The minimum atomic E-state index is -4.74. The summed E-state index contributed by atoms with van der Waals surface area (Å²) in [5, 5.41) is 19.9. The number of aliphatic hydroxyl groups excluding tert-OH is 2. The van der Waals surface area contributed by atoms with Gasteiger partial charge in [-0.2, -0.15) is 13.2 Å². The van der Waals surface area contributed by atoms with Crippen molar-refractivity contribution in [3.63, 3.8) is 0 Å². The van der Waals surface area contributed by atoms with Crippen molar-refractivity contribution in [1.29, 1.82) is 0 Å². The van der Waals surface area contributed by atoms with Gasteiger partial charge in [-0.15, -0.1) is 0 Å². The van der Waals surface area contributed by atoms with E-state index in [0.29, 0.717) is 6.20 Å². The molecule has 1 aromatic rings. The van der Waals surface area contributed by atoms with E-state index in [2.05, 4.69) is 4.52 Å². The quantitative estimate of drug-likeness (QED) is 0.576. The normalized spacial score (nSPS) is 27.0. The maximum absolute atomic E-state index is 12.5. The standard InChI is InChI=1S/C11H12Cl2F3N2O7P/c12-26(13,23)24-2-5-6(19)7(20)8(25-5)4-1-18(3-11(14,15)16)10(22)17-9(4)21/h1,5-8,19-20H,2-3H2,(H,17,21,22). The first kappa shape index (κ1) is 21.4. The highest BCUT2D eigenvalue weighted by Gasteiger charge is 2.45. The second kappa shape index (κ2) is 7.63. The third-order valence-corrected chi connectivity index (χ3v) is 4.48. The molecule has 0 aliphatic carbocycles. The minimum Gasteiger partial charge on any atom is -0.387 e. The zero-order chi connectivity index (χ0) is 19.9. The molecule has 2 rings (SSSR count). The number of alkyl halides is 3. The number of nitrogens with one attached hydrogen (secondary N) is 1. The zero-order valence-electron chi connectivity index (χ0n) is 12.5. The lowest BCUT2D eigenvalue weighted by Gasteiger charge is -2.16. The van der Waals surface area contributed by atoms with Crippen molar-refractivity contribution in [3.05, 3.63) is 32.6 Å². The lowest BCUT2D eigenvalue weighted by molar-refractivity contribution is -0.141. The van der Waals surface area contributed by atoms with E-state index in [1.54, 1.807) is 4.98 Å². The maximum atomic E-state index is 12.5. The summed E-state index contributed by atoms with van der Waals surface area (Å²) >= 11 is 10.3. The lowest BCUT2D eigenvalue weighted by atomic mass is 10.0. The molecule has 148 valence electrons. The number of nitrogens with zero attached hydrogens (tertiary/aromatic N) is 1. The predicted molar refractivity (Wildman–Crippen MR) is 82.3 cm³/mol. The highest BCUT2D eigenvalue weighted by Crippen LogP contribution is 2.57. The third-order valence-electron chi connectivity index (χ3n) is 3.45. The molecular weight excluding hydrogens is 431 g/mol. The summed E-state index contributed by atoms with van der Waals surface area (Å²) in [7, 11) is 0. The van der Waals surface area contributed by atoms with Gasteiger partial charge in [0.25, 0.3) is 5.56 Å². The molecule has 0 amide bonds. The molecule has 4 atom stereocenters. The molecule has 0 aromatic carbocycles. The molecule has 0 saturated carbocycles. The Morgan fingerprint density at radius 3 is 2.46 bits per heavy atom. The Morgan fingerprint density at radius 2 is 1.92 bits per heavy atom. The first-order chi connectivity index (χ1) is 11.8. The number of H-pyrrole nitrogens is 1. The van der Waals surface area contributed by atoms with Crippen molar-refractivity contribution < 1.29 is 37.2 Å². The molecule has 1 aliphatic heterocycles. The molecule has 0 bridgehead atoms. The monoisotopic (exact) mass is 442 g/mol. The van der Waals surface area contributed by atoms with Crippen LogP contribution in [0.5, 0.6) is 0 Å². The lowest BCUT2D eigenvalue weighted by Crippen LogP contribution is -2.38. The molecule has 1 aromatic heterocycles. The van der Waals surface area contributed by atoms with Crippen LogP contribution in [-0.4, -0.2) is 50.9 Å². The highest BCUT2D eigenvalue weighted by molar-refractivity contribution is 8.05. The van der Waals surface area contributed by atoms with Crippen LogP contribution in [0.3, 0.4) is 0 Å². The Bertz CT molecular complexity index is 823. The second-order valence-electron chi connectivity index (χ2n) is 5.37. The van der Waals surface area contributed by atoms with Crippen LogP contribution in [0.1, 0.15) is 11.7 Å². The van der Waals surface area contributed by atoms with Crippen LogP contribution < -0.4 is 11.2 Å². The number of halogens is 5. The molecule has 0 radical (unpaired) electrons. The molecular formula is C11H12Cl2F3N2O7P. The Morgan fingerprint density at radius 1 is 1.31 bits per heavy atom. The second-order valence-corrected chi connectivity index (χ2v) is 9.65. The Labute approximate surface area is 152 Å². The molecule has 15 heteroatoms. The van der Waals surface area contributed by atoms with Gasteiger partial charge in [-0.1, -0.05) is 0 Å². The summed E-state index contributed by atoms with van der Waals surface area (Å²) < 4.78 is 58.5. The average Bonchev–Trinajstić information content (AvgIpc) is 2.74.